The van der Waals surface area contributed by atoms with Crippen LogP contribution in [0.2, 0.25) is 10.0 Å². The van der Waals surface area contributed by atoms with Crippen molar-refractivity contribution in [2.75, 3.05) is 7.11 Å². The number of Topliss-reactive ketones (excluding diaryl/α,β-unsaturated/α-hetero) is 1. The maximum absolute atomic E-state index is 12.6. The molecule has 3 aromatic rings. The van der Waals surface area contributed by atoms with E-state index in [9.17, 15) is 9.59 Å². The molecule has 0 aromatic heterocycles. The van der Waals surface area contributed by atoms with E-state index in [0.717, 1.165) is 0 Å². The quantitative estimate of drug-likeness (QED) is 0.289. The van der Waals surface area contributed by atoms with Crippen molar-refractivity contribution in [3.63, 3.8) is 0 Å². The average molecular weight is 441 g/mol. The smallest absolute Gasteiger partial charge is 0.343 e. The van der Waals surface area contributed by atoms with Crippen LogP contribution < -0.4 is 14.2 Å². The highest BCUT2D eigenvalue weighted by Crippen LogP contribution is 2.35. The Hall–Kier alpha value is -3.28. The second-order valence-corrected chi connectivity index (χ2v) is 7.21. The molecule has 0 saturated carbocycles. The van der Waals surface area contributed by atoms with E-state index in [4.69, 9.17) is 37.4 Å². The minimum Gasteiger partial charge on any atom is -0.497 e. The average Bonchev–Trinajstić information content (AvgIpc) is 3.05. The van der Waals surface area contributed by atoms with Gasteiger partial charge in [-0.2, -0.15) is 0 Å². The fourth-order valence-corrected chi connectivity index (χ4v) is 3.21. The highest BCUT2D eigenvalue weighted by atomic mass is 35.5. The Morgan fingerprint density at radius 2 is 1.80 bits per heavy atom. The van der Waals surface area contributed by atoms with E-state index in [1.54, 1.807) is 60.7 Å². The van der Waals surface area contributed by atoms with Gasteiger partial charge in [-0.3, -0.25) is 4.79 Å². The molecule has 150 valence electrons. The zero-order valence-corrected chi connectivity index (χ0v) is 17.2. The summed E-state index contributed by atoms with van der Waals surface area (Å²) in [6.45, 7) is 0. The summed E-state index contributed by atoms with van der Waals surface area (Å²) in [6, 6.07) is 16.2. The summed E-state index contributed by atoms with van der Waals surface area (Å²) in [7, 11) is 1.52. The predicted molar refractivity (Wildman–Crippen MR) is 114 cm³/mol. The number of hydrogen-bond donors (Lipinski definition) is 0. The first-order chi connectivity index (χ1) is 14.4. The summed E-state index contributed by atoms with van der Waals surface area (Å²) in [6.07, 6.45) is 1.58. The van der Waals surface area contributed by atoms with Crippen LogP contribution in [0.5, 0.6) is 17.2 Å². The normalized spacial score (nSPS) is 13.7. The van der Waals surface area contributed by atoms with Gasteiger partial charge < -0.3 is 14.2 Å². The van der Waals surface area contributed by atoms with Crippen LogP contribution in [0.1, 0.15) is 26.3 Å². The zero-order chi connectivity index (χ0) is 21.3. The fraction of sp³-hybridized carbons (Fsp3) is 0.0435. The van der Waals surface area contributed by atoms with Gasteiger partial charge in [0, 0.05) is 6.07 Å². The maximum atomic E-state index is 12.6. The molecule has 0 spiro atoms. The van der Waals surface area contributed by atoms with Crippen LogP contribution in [0.15, 0.2) is 66.4 Å². The lowest BCUT2D eigenvalue weighted by atomic mass is 10.1. The maximum Gasteiger partial charge on any atom is 0.343 e. The third kappa shape index (κ3) is 4.03. The summed E-state index contributed by atoms with van der Waals surface area (Å²) in [5.41, 5.74) is 1.39. The zero-order valence-electron chi connectivity index (χ0n) is 15.6. The molecular formula is C23H14Cl2O5. The van der Waals surface area contributed by atoms with Crippen LogP contribution in [-0.2, 0) is 0 Å². The van der Waals surface area contributed by atoms with Gasteiger partial charge in [-0.05, 0) is 54.1 Å². The second-order valence-electron chi connectivity index (χ2n) is 6.39. The number of esters is 1. The molecule has 30 heavy (non-hydrogen) atoms. The lowest BCUT2D eigenvalue weighted by Crippen LogP contribution is -2.08. The minimum atomic E-state index is -0.551. The number of allylic oxidation sites excluding steroid dienone is 1. The Morgan fingerprint density at radius 1 is 0.967 bits per heavy atom. The molecule has 0 aliphatic carbocycles. The van der Waals surface area contributed by atoms with Gasteiger partial charge in [-0.15, -0.1) is 0 Å². The van der Waals surface area contributed by atoms with Crippen molar-refractivity contribution in [3.05, 3.63) is 93.2 Å². The molecular weight excluding hydrogens is 427 g/mol. The molecule has 1 aliphatic heterocycles. The van der Waals surface area contributed by atoms with Crippen molar-refractivity contribution in [1.29, 1.82) is 0 Å². The van der Waals surface area contributed by atoms with E-state index in [0.29, 0.717) is 38.2 Å². The number of benzene rings is 3. The largest absolute Gasteiger partial charge is 0.497 e. The molecule has 4 rings (SSSR count). The van der Waals surface area contributed by atoms with Crippen molar-refractivity contribution in [3.8, 4) is 17.2 Å². The molecule has 0 unspecified atom stereocenters. The number of rotatable bonds is 4. The van der Waals surface area contributed by atoms with Crippen molar-refractivity contribution >= 4 is 41.0 Å². The first-order valence-corrected chi connectivity index (χ1v) is 9.60. The molecule has 3 aromatic carbocycles. The summed E-state index contributed by atoms with van der Waals surface area (Å²) in [4.78, 5) is 25.0. The third-order valence-electron chi connectivity index (χ3n) is 4.40. The third-order valence-corrected chi connectivity index (χ3v) is 5.14. The second kappa shape index (κ2) is 8.22. The molecule has 5 nitrogen and oxygen atoms in total. The number of methoxy groups -OCH3 is 1. The number of hydrogen-bond acceptors (Lipinski definition) is 5. The van der Waals surface area contributed by atoms with Gasteiger partial charge in [-0.1, -0.05) is 35.3 Å². The topological polar surface area (TPSA) is 61.8 Å². The molecule has 0 amide bonds. The molecule has 1 aliphatic rings. The van der Waals surface area contributed by atoms with Crippen molar-refractivity contribution < 1.29 is 23.8 Å². The molecule has 1 heterocycles. The van der Waals surface area contributed by atoms with Crippen LogP contribution in [0, 0.1) is 0 Å². The van der Waals surface area contributed by atoms with Gasteiger partial charge in [0.05, 0.1) is 28.3 Å². The van der Waals surface area contributed by atoms with E-state index in [-0.39, 0.29) is 17.3 Å². The van der Waals surface area contributed by atoms with E-state index >= 15 is 0 Å². The summed E-state index contributed by atoms with van der Waals surface area (Å²) in [5.74, 6) is 0.419. The molecule has 7 heteroatoms. The Kier molecular flexibility index (Phi) is 5.48. The van der Waals surface area contributed by atoms with Gasteiger partial charge in [0.25, 0.3) is 0 Å². The number of carbonyl (C=O) groups is 2. The molecule has 0 N–H and O–H groups in total. The van der Waals surface area contributed by atoms with Gasteiger partial charge in [0.2, 0.25) is 5.78 Å². The Bertz CT molecular complexity index is 1200. The van der Waals surface area contributed by atoms with E-state index in [1.165, 1.54) is 13.2 Å². The number of ether oxygens (including phenoxy) is 3. The molecule has 0 radical (unpaired) electrons. The van der Waals surface area contributed by atoms with E-state index in [1.807, 2.05) is 0 Å². The van der Waals surface area contributed by atoms with Crippen molar-refractivity contribution in [1.82, 2.24) is 0 Å². The molecule has 0 fully saturated rings. The van der Waals surface area contributed by atoms with E-state index in [2.05, 4.69) is 0 Å². The standard InChI is InChI=1S/C23H14Cl2O5/c1-28-15-4-2-3-14(11-15)23(27)29-16-6-7-17-20(12-16)30-21(22(17)26)10-13-5-8-18(24)19(25)9-13/h2-12H,1H3. The highest BCUT2D eigenvalue weighted by Gasteiger charge is 2.28. The SMILES string of the molecule is COc1cccc(C(=O)Oc2ccc3c(c2)OC(=Cc2ccc(Cl)c(Cl)c2)C3=O)c1. The van der Waals surface area contributed by atoms with Crippen LogP contribution in [0.4, 0.5) is 0 Å². The first kappa shape index (κ1) is 20.0. The van der Waals surface area contributed by atoms with Crippen molar-refractivity contribution in [2.45, 2.75) is 0 Å². The number of halogens is 2. The van der Waals surface area contributed by atoms with Crippen LogP contribution >= 0.6 is 23.2 Å². The van der Waals surface area contributed by atoms with Gasteiger partial charge in [-0.25, -0.2) is 4.79 Å². The van der Waals surface area contributed by atoms with Crippen LogP contribution in [-0.4, -0.2) is 18.9 Å². The van der Waals surface area contributed by atoms with Crippen LogP contribution in [0.3, 0.4) is 0 Å². The lowest BCUT2D eigenvalue weighted by Gasteiger charge is -2.07. The Labute approximate surface area is 182 Å². The molecule has 0 bridgehead atoms. The van der Waals surface area contributed by atoms with E-state index < -0.39 is 5.97 Å². The molecule has 0 atom stereocenters. The Morgan fingerprint density at radius 3 is 2.57 bits per heavy atom. The van der Waals surface area contributed by atoms with Crippen molar-refractivity contribution in [2.24, 2.45) is 0 Å². The van der Waals surface area contributed by atoms with Gasteiger partial charge in [0.1, 0.15) is 17.2 Å². The fourth-order valence-electron chi connectivity index (χ4n) is 2.90. The van der Waals surface area contributed by atoms with Gasteiger partial charge >= 0.3 is 5.97 Å². The number of ketones is 1. The summed E-state index contributed by atoms with van der Waals surface area (Å²) >= 11 is 11.9. The Balaban J connectivity index is 1.55. The van der Waals surface area contributed by atoms with Crippen LogP contribution in [0.25, 0.3) is 6.08 Å². The monoisotopic (exact) mass is 440 g/mol. The first-order valence-electron chi connectivity index (χ1n) is 8.84. The predicted octanol–water partition coefficient (Wildman–Crippen LogP) is 5.84. The van der Waals surface area contributed by atoms with Gasteiger partial charge in [0.15, 0.2) is 5.76 Å². The summed E-state index contributed by atoms with van der Waals surface area (Å²) < 4.78 is 16.2. The minimum absolute atomic E-state index is 0.139. The molecule has 0 saturated heterocycles. The number of fused-ring (bicyclic) bond motifs is 1. The summed E-state index contributed by atoms with van der Waals surface area (Å²) in [5, 5.41) is 0.795. The lowest BCUT2D eigenvalue weighted by molar-refractivity contribution is 0.0734. The highest BCUT2D eigenvalue weighted by molar-refractivity contribution is 6.42. The number of carbonyl (C=O) groups excluding carboxylic acids is 2.